The zero-order chi connectivity index (χ0) is 20.4. The second-order valence-corrected chi connectivity index (χ2v) is 22.7. The van der Waals surface area contributed by atoms with E-state index in [-0.39, 0.29) is 0 Å². The van der Waals surface area contributed by atoms with Crippen LogP contribution in [0.25, 0.3) is 0 Å². The predicted molar refractivity (Wildman–Crippen MR) is 112 cm³/mol. The van der Waals surface area contributed by atoms with Crippen LogP contribution in [0.3, 0.4) is 0 Å². The minimum absolute atomic E-state index is 0.305. The van der Waals surface area contributed by atoms with Crippen LogP contribution < -0.4 is 0 Å². The van der Waals surface area contributed by atoms with Crippen LogP contribution in [0.5, 0.6) is 0 Å². The lowest BCUT2D eigenvalue weighted by Crippen LogP contribution is -2.47. The summed E-state index contributed by atoms with van der Waals surface area (Å²) in [5, 5.41) is 0.723. The van der Waals surface area contributed by atoms with E-state index in [0.717, 1.165) is 30.1 Å². The van der Waals surface area contributed by atoms with Crippen molar-refractivity contribution < 1.29 is 26.8 Å². The number of ether oxygens (including phenoxy) is 1. The first kappa shape index (κ1) is 26.4. The van der Waals surface area contributed by atoms with E-state index in [1.807, 2.05) is 0 Å². The molecule has 0 N–H and O–H groups in total. The van der Waals surface area contributed by atoms with Crippen molar-refractivity contribution in [2.45, 2.75) is 75.6 Å². The number of rotatable bonds is 15. The van der Waals surface area contributed by atoms with E-state index in [4.69, 9.17) is 18.0 Å². The molecule has 0 heterocycles. The molecule has 0 amide bonds. The summed E-state index contributed by atoms with van der Waals surface area (Å²) in [5.74, 6) is 0. The molecule has 2 unspecified atom stereocenters. The maximum Gasteiger partial charge on any atom is 0.500 e. The fourth-order valence-corrected chi connectivity index (χ4v) is 18.0. The summed E-state index contributed by atoms with van der Waals surface area (Å²) in [7, 11) is -0.396. The molecule has 26 heavy (non-hydrogen) atoms. The highest BCUT2D eigenvalue weighted by atomic mass is 28.4. The summed E-state index contributed by atoms with van der Waals surface area (Å²) in [6, 6.07) is 3.13. The molecular formula is C17H40F2O4Si3. The molecular weight excluding hydrogens is 390 g/mol. The molecule has 0 rings (SSSR count). The number of hydrogen-bond acceptors (Lipinski definition) is 4. The number of hydrogen-bond donors (Lipinski definition) is 0. The minimum Gasteiger partial charge on any atom is -0.377 e. The van der Waals surface area contributed by atoms with Crippen molar-refractivity contribution in [2.75, 3.05) is 34.6 Å². The highest BCUT2D eigenvalue weighted by Gasteiger charge is 2.42. The van der Waals surface area contributed by atoms with Crippen molar-refractivity contribution in [1.82, 2.24) is 0 Å². The first-order valence-corrected chi connectivity index (χ1v) is 18.0. The van der Waals surface area contributed by atoms with Gasteiger partial charge in [-0.2, -0.15) is 0 Å². The zero-order valence-corrected chi connectivity index (χ0v) is 21.0. The lowest BCUT2D eigenvalue weighted by Gasteiger charge is -2.41. The Morgan fingerprint density at radius 1 is 0.808 bits per heavy atom. The van der Waals surface area contributed by atoms with Crippen LogP contribution in [0, 0.1) is 0 Å². The molecule has 2 atom stereocenters. The van der Waals surface area contributed by atoms with Crippen molar-refractivity contribution in [3.8, 4) is 0 Å². The van der Waals surface area contributed by atoms with Crippen LogP contribution in [0.1, 0.15) is 19.8 Å². The SMILES string of the molecule is CO[Si](CCC[Si](C)(C)C(C)[Si](C)(C)CCCOC(F)CF)(OC)OC. The standard InChI is InChI=1S/C17H40F2O4Si3/c1-16(24(5,6)12-9-11-23-17(19)15-18)25(7,8)13-10-14-26(20-2,21-3)22-4/h16-17H,9-15H2,1-8H3. The number of halogens is 2. The molecule has 0 saturated carbocycles. The van der Waals surface area contributed by atoms with Gasteiger partial charge in [-0.3, -0.25) is 0 Å². The second kappa shape index (κ2) is 12.0. The van der Waals surface area contributed by atoms with Gasteiger partial charge in [0.25, 0.3) is 0 Å². The normalized spacial score (nSPS) is 15.9. The quantitative estimate of drug-likeness (QED) is 0.262. The lowest BCUT2D eigenvalue weighted by molar-refractivity contribution is -0.0515. The summed E-state index contributed by atoms with van der Waals surface area (Å²) >= 11 is 0. The summed E-state index contributed by atoms with van der Waals surface area (Å²) < 4.78 is 46.3. The van der Waals surface area contributed by atoms with E-state index < -0.39 is 38.0 Å². The first-order valence-electron chi connectivity index (χ1n) is 9.47. The molecule has 0 saturated heterocycles. The molecule has 0 aromatic carbocycles. The third-order valence-electron chi connectivity index (χ3n) is 5.97. The van der Waals surface area contributed by atoms with Crippen molar-refractivity contribution in [3.63, 3.8) is 0 Å². The summed E-state index contributed by atoms with van der Waals surface area (Å²) in [5.41, 5.74) is 0. The van der Waals surface area contributed by atoms with Gasteiger partial charge in [0.2, 0.25) is 6.36 Å². The van der Waals surface area contributed by atoms with Crippen LogP contribution in [0.15, 0.2) is 0 Å². The molecule has 0 aromatic rings. The van der Waals surface area contributed by atoms with Gasteiger partial charge in [-0.25, -0.2) is 8.78 Å². The highest BCUT2D eigenvalue weighted by molar-refractivity contribution is 6.97. The molecule has 0 aromatic heterocycles. The summed E-state index contributed by atoms with van der Waals surface area (Å²) in [6.07, 6.45) is 0.0928. The van der Waals surface area contributed by atoms with E-state index in [9.17, 15) is 8.78 Å². The fourth-order valence-electron chi connectivity index (χ4n) is 3.59. The molecule has 0 aliphatic rings. The van der Waals surface area contributed by atoms with Crippen LogP contribution in [-0.4, -0.2) is 65.9 Å². The summed E-state index contributed by atoms with van der Waals surface area (Å²) in [4.78, 5) is 0. The molecule has 0 bridgehead atoms. The molecule has 9 heteroatoms. The number of alkyl halides is 2. The van der Waals surface area contributed by atoms with Gasteiger partial charge in [0.15, 0.2) is 0 Å². The van der Waals surface area contributed by atoms with E-state index in [0.29, 0.717) is 6.61 Å². The van der Waals surface area contributed by atoms with Gasteiger partial charge in [-0.1, -0.05) is 56.8 Å². The van der Waals surface area contributed by atoms with E-state index in [1.54, 1.807) is 21.3 Å². The Labute approximate surface area is 162 Å². The van der Waals surface area contributed by atoms with Crippen LogP contribution in [0.2, 0.25) is 49.5 Å². The maximum atomic E-state index is 12.8. The monoisotopic (exact) mass is 430 g/mol. The van der Waals surface area contributed by atoms with E-state index in [2.05, 4.69) is 33.1 Å². The Kier molecular flexibility index (Phi) is 12.2. The Morgan fingerprint density at radius 2 is 1.27 bits per heavy atom. The highest BCUT2D eigenvalue weighted by Crippen LogP contribution is 2.38. The van der Waals surface area contributed by atoms with Gasteiger partial charge in [0, 0.05) is 50.1 Å². The van der Waals surface area contributed by atoms with Gasteiger partial charge < -0.3 is 18.0 Å². The average molecular weight is 431 g/mol. The Balaban J connectivity index is 4.55. The van der Waals surface area contributed by atoms with Crippen molar-refractivity contribution in [1.29, 1.82) is 0 Å². The van der Waals surface area contributed by atoms with Gasteiger partial charge in [-0.05, 0) is 6.42 Å². The molecule has 0 fully saturated rings. The third-order valence-corrected chi connectivity index (χ3v) is 21.5. The van der Waals surface area contributed by atoms with E-state index in [1.165, 1.54) is 6.04 Å². The van der Waals surface area contributed by atoms with Crippen molar-refractivity contribution in [3.05, 3.63) is 0 Å². The molecule has 0 aliphatic heterocycles. The van der Waals surface area contributed by atoms with Gasteiger partial charge in [-0.15, -0.1) is 0 Å². The van der Waals surface area contributed by atoms with Gasteiger partial charge in [0.05, 0.1) is 0 Å². The van der Waals surface area contributed by atoms with Crippen LogP contribution in [-0.2, 0) is 18.0 Å². The van der Waals surface area contributed by atoms with Crippen LogP contribution >= 0.6 is 0 Å². The largest absolute Gasteiger partial charge is 0.500 e. The third kappa shape index (κ3) is 8.57. The smallest absolute Gasteiger partial charge is 0.377 e. The minimum atomic E-state index is -2.49. The fraction of sp³-hybridized carbons (Fsp3) is 1.00. The molecule has 0 aliphatic carbocycles. The van der Waals surface area contributed by atoms with E-state index >= 15 is 0 Å². The molecule has 4 nitrogen and oxygen atoms in total. The molecule has 0 radical (unpaired) electrons. The Bertz CT molecular complexity index is 375. The van der Waals surface area contributed by atoms with Gasteiger partial charge >= 0.3 is 8.80 Å². The summed E-state index contributed by atoms with van der Waals surface area (Å²) in [6.45, 7) is 11.4. The Morgan fingerprint density at radius 3 is 1.69 bits per heavy atom. The zero-order valence-electron chi connectivity index (χ0n) is 18.0. The lowest BCUT2D eigenvalue weighted by atomic mass is 10.5. The van der Waals surface area contributed by atoms with Crippen molar-refractivity contribution in [2.24, 2.45) is 0 Å². The average Bonchev–Trinajstić information content (AvgIpc) is 2.61. The molecule has 0 spiro atoms. The Hall–Kier alpha value is 0.351. The molecule has 158 valence electrons. The maximum absolute atomic E-state index is 12.8. The second-order valence-electron chi connectivity index (χ2n) is 8.39. The van der Waals surface area contributed by atoms with Crippen molar-refractivity contribution >= 4 is 25.0 Å². The predicted octanol–water partition coefficient (Wildman–Crippen LogP) is 5.27. The van der Waals surface area contributed by atoms with Crippen LogP contribution in [0.4, 0.5) is 8.78 Å². The van der Waals surface area contributed by atoms with Gasteiger partial charge in [0.1, 0.15) is 6.67 Å². The topological polar surface area (TPSA) is 36.9 Å². The first-order chi connectivity index (χ1) is 12.0.